The highest BCUT2D eigenvalue weighted by molar-refractivity contribution is 5.37. The Hall–Kier alpha value is -1.02. The molecule has 1 saturated carbocycles. The summed E-state index contributed by atoms with van der Waals surface area (Å²) in [7, 11) is 0. The zero-order chi connectivity index (χ0) is 13.7. The largest absolute Gasteiger partial charge is 0.493 e. The lowest BCUT2D eigenvalue weighted by molar-refractivity contribution is 0.307. The fourth-order valence-corrected chi connectivity index (χ4v) is 2.69. The van der Waals surface area contributed by atoms with Crippen LogP contribution in [0.5, 0.6) is 5.75 Å². The Balaban J connectivity index is 2.15. The van der Waals surface area contributed by atoms with Crippen LogP contribution in [0.4, 0.5) is 0 Å². The molecule has 1 aromatic carbocycles. The molecule has 0 heterocycles. The SMILES string of the molecule is CCCNC(c1ccccc1OCCC)C1CC1C. The molecule has 1 aliphatic rings. The second-order valence-corrected chi connectivity index (χ2v) is 5.69. The van der Waals surface area contributed by atoms with E-state index in [0.717, 1.165) is 37.2 Å². The minimum absolute atomic E-state index is 0.461. The Morgan fingerprint density at radius 2 is 2.00 bits per heavy atom. The molecule has 106 valence electrons. The van der Waals surface area contributed by atoms with Crippen molar-refractivity contribution in [3.63, 3.8) is 0 Å². The van der Waals surface area contributed by atoms with Gasteiger partial charge in [-0.3, -0.25) is 0 Å². The van der Waals surface area contributed by atoms with Crippen LogP contribution >= 0.6 is 0 Å². The van der Waals surface area contributed by atoms with Gasteiger partial charge in [0.2, 0.25) is 0 Å². The van der Waals surface area contributed by atoms with E-state index in [-0.39, 0.29) is 0 Å². The van der Waals surface area contributed by atoms with Crippen LogP contribution in [-0.4, -0.2) is 13.2 Å². The maximum Gasteiger partial charge on any atom is 0.124 e. The quantitative estimate of drug-likeness (QED) is 0.758. The molecule has 0 aliphatic heterocycles. The van der Waals surface area contributed by atoms with Gasteiger partial charge >= 0.3 is 0 Å². The second kappa shape index (κ2) is 6.95. The van der Waals surface area contributed by atoms with E-state index in [4.69, 9.17) is 4.74 Å². The van der Waals surface area contributed by atoms with Gasteiger partial charge in [0.15, 0.2) is 0 Å². The molecule has 0 spiro atoms. The third-order valence-corrected chi connectivity index (χ3v) is 3.93. The maximum absolute atomic E-state index is 5.92. The fourth-order valence-electron chi connectivity index (χ4n) is 2.69. The predicted molar refractivity (Wildman–Crippen MR) is 80.5 cm³/mol. The van der Waals surface area contributed by atoms with Crippen LogP contribution < -0.4 is 10.1 Å². The van der Waals surface area contributed by atoms with E-state index in [9.17, 15) is 0 Å². The van der Waals surface area contributed by atoms with Gasteiger partial charge in [-0.25, -0.2) is 0 Å². The average molecular weight is 261 g/mol. The molecular weight excluding hydrogens is 234 g/mol. The first-order valence-electron chi connectivity index (χ1n) is 7.73. The zero-order valence-corrected chi connectivity index (χ0v) is 12.5. The van der Waals surface area contributed by atoms with Crippen molar-refractivity contribution in [3.05, 3.63) is 29.8 Å². The molecule has 0 amide bonds. The highest BCUT2D eigenvalue weighted by atomic mass is 16.5. The number of para-hydroxylation sites is 1. The van der Waals surface area contributed by atoms with Crippen LogP contribution in [0.1, 0.15) is 51.6 Å². The topological polar surface area (TPSA) is 21.3 Å². The molecule has 2 heteroatoms. The number of ether oxygens (including phenoxy) is 1. The van der Waals surface area contributed by atoms with Gasteiger partial charge in [-0.2, -0.15) is 0 Å². The van der Waals surface area contributed by atoms with Gasteiger partial charge in [-0.1, -0.05) is 39.0 Å². The molecule has 0 radical (unpaired) electrons. The number of benzene rings is 1. The molecule has 1 aromatic rings. The van der Waals surface area contributed by atoms with Gasteiger partial charge in [0.25, 0.3) is 0 Å². The van der Waals surface area contributed by atoms with E-state index in [2.05, 4.69) is 50.4 Å². The van der Waals surface area contributed by atoms with E-state index in [1.807, 2.05) is 0 Å². The Morgan fingerprint density at radius 1 is 1.26 bits per heavy atom. The third-order valence-electron chi connectivity index (χ3n) is 3.93. The highest BCUT2D eigenvalue weighted by Crippen LogP contribution is 2.48. The average Bonchev–Trinajstić information content (AvgIpc) is 3.15. The van der Waals surface area contributed by atoms with Gasteiger partial charge < -0.3 is 10.1 Å². The van der Waals surface area contributed by atoms with Crippen LogP contribution in [0, 0.1) is 11.8 Å². The van der Waals surface area contributed by atoms with Crippen molar-refractivity contribution in [2.75, 3.05) is 13.2 Å². The normalized spacial score (nSPS) is 23.1. The molecule has 0 bridgehead atoms. The standard InChI is InChI=1S/C17H27NO/c1-4-10-18-17(15-12-13(15)3)14-8-6-7-9-16(14)19-11-5-2/h6-9,13,15,17-18H,4-5,10-12H2,1-3H3. The molecule has 1 N–H and O–H groups in total. The number of rotatable bonds is 8. The summed E-state index contributed by atoms with van der Waals surface area (Å²) in [5, 5.41) is 3.71. The van der Waals surface area contributed by atoms with Crippen molar-refractivity contribution in [1.29, 1.82) is 0 Å². The lowest BCUT2D eigenvalue weighted by Crippen LogP contribution is -2.25. The molecule has 19 heavy (non-hydrogen) atoms. The van der Waals surface area contributed by atoms with E-state index in [1.54, 1.807) is 0 Å². The second-order valence-electron chi connectivity index (χ2n) is 5.69. The van der Waals surface area contributed by atoms with Crippen LogP contribution in [0.3, 0.4) is 0 Å². The first-order chi connectivity index (χ1) is 9.27. The summed E-state index contributed by atoms with van der Waals surface area (Å²) < 4.78 is 5.92. The van der Waals surface area contributed by atoms with Crippen molar-refractivity contribution >= 4 is 0 Å². The van der Waals surface area contributed by atoms with Crippen LogP contribution in [-0.2, 0) is 0 Å². The molecule has 1 fully saturated rings. The molecule has 0 saturated heterocycles. The number of hydrogen-bond acceptors (Lipinski definition) is 2. The first kappa shape index (κ1) is 14.4. The fraction of sp³-hybridized carbons (Fsp3) is 0.647. The van der Waals surface area contributed by atoms with Crippen LogP contribution in [0.15, 0.2) is 24.3 Å². The minimum Gasteiger partial charge on any atom is -0.493 e. The summed E-state index contributed by atoms with van der Waals surface area (Å²) in [6.07, 6.45) is 3.57. The van der Waals surface area contributed by atoms with E-state index in [0.29, 0.717) is 6.04 Å². The Morgan fingerprint density at radius 3 is 2.63 bits per heavy atom. The first-order valence-corrected chi connectivity index (χ1v) is 7.73. The van der Waals surface area contributed by atoms with E-state index < -0.39 is 0 Å². The molecule has 0 aromatic heterocycles. The van der Waals surface area contributed by atoms with Crippen molar-refractivity contribution in [2.45, 2.75) is 46.1 Å². The predicted octanol–water partition coefficient (Wildman–Crippen LogP) is 4.17. The molecule has 1 aliphatic carbocycles. The van der Waals surface area contributed by atoms with Gasteiger partial charge in [0.05, 0.1) is 6.61 Å². The number of nitrogens with one attached hydrogen (secondary N) is 1. The summed E-state index contributed by atoms with van der Waals surface area (Å²) in [6.45, 7) is 8.60. The molecule has 2 rings (SSSR count). The zero-order valence-electron chi connectivity index (χ0n) is 12.5. The summed E-state index contributed by atoms with van der Waals surface area (Å²) in [4.78, 5) is 0. The molecule has 3 atom stereocenters. The van der Waals surface area contributed by atoms with Gasteiger partial charge in [0.1, 0.15) is 5.75 Å². The van der Waals surface area contributed by atoms with Gasteiger partial charge in [-0.15, -0.1) is 0 Å². The van der Waals surface area contributed by atoms with E-state index >= 15 is 0 Å². The van der Waals surface area contributed by atoms with Crippen molar-refractivity contribution in [1.82, 2.24) is 5.32 Å². The van der Waals surface area contributed by atoms with Crippen molar-refractivity contribution in [2.24, 2.45) is 11.8 Å². The Bertz CT molecular complexity index is 391. The minimum atomic E-state index is 0.461. The molecule has 3 unspecified atom stereocenters. The summed E-state index contributed by atoms with van der Waals surface area (Å²) >= 11 is 0. The molecular formula is C17H27NO. The van der Waals surface area contributed by atoms with Gasteiger partial charge in [-0.05, 0) is 43.7 Å². The lowest BCUT2D eigenvalue weighted by Gasteiger charge is -2.22. The van der Waals surface area contributed by atoms with Crippen LogP contribution in [0.2, 0.25) is 0 Å². The van der Waals surface area contributed by atoms with E-state index in [1.165, 1.54) is 18.4 Å². The molecule has 2 nitrogen and oxygen atoms in total. The number of hydrogen-bond donors (Lipinski definition) is 1. The summed E-state index contributed by atoms with van der Waals surface area (Å²) in [5.41, 5.74) is 1.35. The lowest BCUT2D eigenvalue weighted by atomic mass is 10.00. The Labute approximate surface area is 117 Å². The third kappa shape index (κ3) is 3.73. The highest BCUT2D eigenvalue weighted by Gasteiger charge is 2.40. The summed E-state index contributed by atoms with van der Waals surface area (Å²) in [6, 6.07) is 8.99. The maximum atomic E-state index is 5.92. The van der Waals surface area contributed by atoms with Crippen molar-refractivity contribution in [3.8, 4) is 5.75 Å². The van der Waals surface area contributed by atoms with Crippen LogP contribution in [0.25, 0.3) is 0 Å². The summed E-state index contributed by atoms with van der Waals surface area (Å²) in [5.74, 6) is 2.68. The van der Waals surface area contributed by atoms with Crippen molar-refractivity contribution < 1.29 is 4.74 Å². The van der Waals surface area contributed by atoms with Gasteiger partial charge in [0, 0.05) is 11.6 Å². The Kier molecular flexibility index (Phi) is 5.26. The monoisotopic (exact) mass is 261 g/mol. The smallest absolute Gasteiger partial charge is 0.124 e.